The van der Waals surface area contributed by atoms with Crippen LogP contribution in [-0.2, 0) is 6.61 Å². The number of hydrogen-bond donors (Lipinski definition) is 1. The van der Waals surface area contributed by atoms with Crippen molar-refractivity contribution in [3.8, 4) is 16.9 Å². The van der Waals surface area contributed by atoms with Crippen molar-refractivity contribution >= 4 is 0 Å². The second kappa shape index (κ2) is 5.46. The quantitative estimate of drug-likeness (QED) is 0.800. The van der Waals surface area contributed by atoms with E-state index in [-0.39, 0.29) is 6.61 Å². The Balaban J connectivity index is 2.22. The van der Waals surface area contributed by atoms with Crippen LogP contribution in [0.15, 0.2) is 42.7 Å². The number of aryl methyl sites for hydroxylation is 2. The van der Waals surface area contributed by atoms with Crippen LogP contribution < -0.4 is 0 Å². The summed E-state index contributed by atoms with van der Waals surface area (Å²) in [4.78, 5) is 4.03. The van der Waals surface area contributed by atoms with E-state index < -0.39 is 0 Å². The Morgan fingerprint density at radius 2 is 1.71 bits per heavy atom. The molecule has 0 aliphatic rings. The minimum absolute atomic E-state index is 0.150. The Bertz CT molecular complexity index is 745. The molecule has 5 nitrogen and oxygen atoms in total. The standard InChI is InChI=1S/C16H16N4O/c1-11-7-12(2)9-14(8-11)20-16(15(10-21)18-19-20)13-3-5-17-6-4-13/h3-9,21H,10H2,1-2H3. The summed E-state index contributed by atoms with van der Waals surface area (Å²) in [6.45, 7) is 3.95. The van der Waals surface area contributed by atoms with Crippen molar-refractivity contribution in [3.63, 3.8) is 0 Å². The summed E-state index contributed by atoms with van der Waals surface area (Å²) < 4.78 is 1.76. The number of nitrogens with zero attached hydrogens (tertiary/aromatic N) is 4. The van der Waals surface area contributed by atoms with Crippen LogP contribution in [0.5, 0.6) is 0 Å². The van der Waals surface area contributed by atoms with Crippen LogP contribution in [-0.4, -0.2) is 25.1 Å². The molecule has 0 radical (unpaired) electrons. The summed E-state index contributed by atoms with van der Waals surface area (Å²) in [6, 6.07) is 9.98. The van der Waals surface area contributed by atoms with Gasteiger partial charge in [0.2, 0.25) is 0 Å². The second-order valence-electron chi connectivity index (χ2n) is 5.04. The zero-order valence-corrected chi connectivity index (χ0v) is 12.0. The molecular formula is C16H16N4O. The first-order valence-corrected chi connectivity index (χ1v) is 6.73. The van der Waals surface area contributed by atoms with Gasteiger partial charge in [-0.05, 0) is 49.2 Å². The molecular weight excluding hydrogens is 264 g/mol. The summed E-state index contributed by atoms with van der Waals surface area (Å²) in [6.07, 6.45) is 3.44. The van der Waals surface area contributed by atoms with Crippen LogP contribution in [0.2, 0.25) is 0 Å². The van der Waals surface area contributed by atoms with E-state index in [4.69, 9.17) is 0 Å². The molecule has 0 aliphatic carbocycles. The fourth-order valence-electron chi connectivity index (χ4n) is 2.47. The number of aliphatic hydroxyl groups is 1. The van der Waals surface area contributed by atoms with E-state index in [9.17, 15) is 5.11 Å². The third-order valence-electron chi connectivity index (χ3n) is 3.29. The Hall–Kier alpha value is -2.53. The first kappa shape index (κ1) is 13.5. The van der Waals surface area contributed by atoms with Crippen molar-refractivity contribution in [3.05, 3.63) is 59.5 Å². The van der Waals surface area contributed by atoms with Gasteiger partial charge in [0.05, 0.1) is 12.3 Å². The number of aliphatic hydroxyl groups excluding tert-OH is 1. The molecule has 21 heavy (non-hydrogen) atoms. The summed E-state index contributed by atoms with van der Waals surface area (Å²) in [5, 5.41) is 17.8. The van der Waals surface area contributed by atoms with Gasteiger partial charge in [-0.1, -0.05) is 11.3 Å². The average molecular weight is 280 g/mol. The van der Waals surface area contributed by atoms with Gasteiger partial charge in [0, 0.05) is 18.0 Å². The Kier molecular flexibility index (Phi) is 3.50. The molecule has 2 aromatic heterocycles. The molecule has 1 N–H and O–H groups in total. The Morgan fingerprint density at radius 3 is 2.33 bits per heavy atom. The minimum Gasteiger partial charge on any atom is -0.390 e. The average Bonchev–Trinajstić information content (AvgIpc) is 2.91. The van der Waals surface area contributed by atoms with E-state index in [1.807, 2.05) is 38.1 Å². The molecule has 0 spiro atoms. The van der Waals surface area contributed by atoms with Gasteiger partial charge in [0.1, 0.15) is 11.4 Å². The predicted molar refractivity (Wildman–Crippen MR) is 80.0 cm³/mol. The zero-order chi connectivity index (χ0) is 14.8. The molecule has 0 saturated heterocycles. The number of rotatable bonds is 3. The summed E-state index contributed by atoms with van der Waals surface area (Å²) in [5.74, 6) is 0. The Labute approximate surface area is 122 Å². The first-order chi connectivity index (χ1) is 10.2. The number of hydrogen-bond acceptors (Lipinski definition) is 4. The summed E-state index contributed by atoms with van der Waals surface area (Å²) >= 11 is 0. The van der Waals surface area contributed by atoms with Gasteiger partial charge < -0.3 is 5.11 Å². The fraction of sp³-hybridized carbons (Fsp3) is 0.188. The van der Waals surface area contributed by atoms with Gasteiger partial charge in [-0.2, -0.15) is 0 Å². The van der Waals surface area contributed by atoms with Gasteiger partial charge in [0.25, 0.3) is 0 Å². The van der Waals surface area contributed by atoms with E-state index in [0.717, 1.165) is 28.1 Å². The van der Waals surface area contributed by atoms with E-state index in [2.05, 4.69) is 21.4 Å². The van der Waals surface area contributed by atoms with Crippen LogP contribution in [0.25, 0.3) is 16.9 Å². The summed E-state index contributed by atoms with van der Waals surface area (Å²) in [7, 11) is 0. The van der Waals surface area contributed by atoms with E-state index >= 15 is 0 Å². The van der Waals surface area contributed by atoms with E-state index in [1.54, 1.807) is 17.1 Å². The highest BCUT2D eigenvalue weighted by molar-refractivity contribution is 5.63. The maximum atomic E-state index is 9.52. The molecule has 0 unspecified atom stereocenters. The van der Waals surface area contributed by atoms with Gasteiger partial charge >= 0.3 is 0 Å². The predicted octanol–water partition coefficient (Wildman–Crippen LogP) is 2.44. The van der Waals surface area contributed by atoms with Gasteiger partial charge in [-0.25, -0.2) is 4.68 Å². The van der Waals surface area contributed by atoms with Crippen molar-refractivity contribution in [1.29, 1.82) is 0 Å². The lowest BCUT2D eigenvalue weighted by atomic mass is 10.1. The summed E-state index contributed by atoms with van der Waals surface area (Å²) in [5.41, 5.74) is 5.54. The molecule has 2 heterocycles. The topological polar surface area (TPSA) is 63.8 Å². The van der Waals surface area contributed by atoms with Crippen LogP contribution in [0.3, 0.4) is 0 Å². The molecule has 1 aromatic carbocycles. The van der Waals surface area contributed by atoms with Crippen molar-refractivity contribution in [2.24, 2.45) is 0 Å². The highest BCUT2D eigenvalue weighted by atomic mass is 16.3. The minimum atomic E-state index is -0.150. The molecule has 0 bridgehead atoms. The SMILES string of the molecule is Cc1cc(C)cc(-n2nnc(CO)c2-c2ccncc2)c1. The molecule has 106 valence electrons. The van der Waals surface area contributed by atoms with E-state index in [0.29, 0.717) is 5.69 Å². The van der Waals surface area contributed by atoms with Gasteiger partial charge in [0.15, 0.2) is 0 Å². The zero-order valence-electron chi connectivity index (χ0n) is 12.0. The molecule has 3 aromatic rings. The molecule has 0 aliphatic heterocycles. The number of pyridine rings is 1. The van der Waals surface area contributed by atoms with Crippen molar-refractivity contribution < 1.29 is 5.11 Å². The maximum Gasteiger partial charge on any atom is 0.117 e. The lowest BCUT2D eigenvalue weighted by Crippen LogP contribution is -2.01. The third-order valence-corrected chi connectivity index (χ3v) is 3.29. The largest absolute Gasteiger partial charge is 0.390 e. The Morgan fingerprint density at radius 1 is 1.05 bits per heavy atom. The second-order valence-corrected chi connectivity index (χ2v) is 5.04. The first-order valence-electron chi connectivity index (χ1n) is 6.73. The van der Waals surface area contributed by atoms with Crippen LogP contribution >= 0.6 is 0 Å². The molecule has 0 saturated carbocycles. The number of benzene rings is 1. The van der Waals surface area contributed by atoms with Crippen molar-refractivity contribution in [2.45, 2.75) is 20.5 Å². The van der Waals surface area contributed by atoms with Crippen LogP contribution in [0.1, 0.15) is 16.8 Å². The molecule has 0 atom stereocenters. The highest BCUT2D eigenvalue weighted by Gasteiger charge is 2.15. The fourth-order valence-corrected chi connectivity index (χ4v) is 2.47. The van der Waals surface area contributed by atoms with Crippen molar-refractivity contribution in [2.75, 3.05) is 0 Å². The molecule has 0 fully saturated rings. The van der Waals surface area contributed by atoms with Crippen LogP contribution in [0.4, 0.5) is 0 Å². The highest BCUT2D eigenvalue weighted by Crippen LogP contribution is 2.25. The normalized spacial score (nSPS) is 10.8. The van der Waals surface area contributed by atoms with Gasteiger partial charge in [-0.3, -0.25) is 4.98 Å². The number of aromatic nitrogens is 4. The van der Waals surface area contributed by atoms with E-state index in [1.165, 1.54) is 0 Å². The monoisotopic (exact) mass is 280 g/mol. The molecule has 5 heteroatoms. The maximum absolute atomic E-state index is 9.52. The smallest absolute Gasteiger partial charge is 0.117 e. The van der Waals surface area contributed by atoms with Crippen LogP contribution in [0, 0.1) is 13.8 Å². The lowest BCUT2D eigenvalue weighted by molar-refractivity contribution is 0.277. The lowest BCUT2D eigenvalue weighted by Gasteiger charge is -2.09. The molecule has 0 amide bonds. The molecule has 3 rings (SSSR count). The third kappa shape index (κ3) is 2.55. The van der Waals surface area contributed by atoms with Gasteiger partial charge in [-0.15, -0.1) is 5.10 Å². The van der Waals surface area contributed by atoms with Crippen molar-refractivity contribution in [1.82, 2.24) is 20.0 Å².